The number of amides is 2. The number of thiophene rings is 1. The summed E-state index contributed by atoms with van der Waals surface area (Å²) in [5, 5.41) is 5.05. The number of anilines is 1. The molecule has 2 aromatic heterocycles. The molecule has 9 nitrogen and oxygen atoms in total. The summed E-state index contributed by atoms with van der Waals surface area (Å²) in [4.78, 5) is 38.4. The van der Waals surface area contributed by atoms with E-state index in [0.717, 1.165) is 44.9 Å². The van der Waals surface area contributed by atoms with E-state index >= 15 is 0 Å². The van der Waals surface area contributed by atoms with Crippen molar-refractivity contribution in [1.82, 2.24) is 19.6 Å². The lowest BCUT2D eigenvalue weighted by Gasteiger charge is -2.33. The first-order valence-corrected chi connectivity index (χ1v) is 16.2. The fraction of sp³-hybridized carbons (Fsp3) is 0.448. The minimum atomic E-state index is -3.68. The van der Waals surface area contributed by atoms with Gasteiger partial charge >= 0.3 is 0 Å². The SMILES string of the molecule is C[C@H]1CCCN(S(=O)(=O)c2ccc(N(C(=O)c3cnccn3)[C@H](C(=O)NC3CCCCC3)c3cccs3)cc2)C1. The molecule has 1 aromatic carbocycles. The van der Waals surface area contributed by atoms with Crippen LogP contribution in [-0.4, -0.2) is 53.6 Å². The third-order valence-corrected chi connectivity index (χ3v) is 10.4. The van der Waals surface area contributed by atoms with Crippen molar-refractivity contribution in [3.63, 3.8) is 0 Å². The van der Waals surface area contributed by atoms with Crippen molar-refractivity contribution in [3.05, 3.63) is 70.9 Å². The minimum Gasteiger partial charge on any atom is -0.351 e. The average molecular weight is 582 g/mol. The van der Waals surface area contributed by atoms with Crippen LogP contribution in [0, 0.1) is 5.92 Å². The summed E-state index contributed by atoms with van der Waals surface area (Å²) < 4.78 is 28.3. The van der Waals surface area contributed by atoms with E-state index in [1.807, 2.05) is 17.5 Å². The summed E-state index contributed by atoms with van der Waals surface area (Å²) in [5.74, 6) is -0.464. The maximum Gasteiger partial charge on any atom is 0.279 e. The molecular formula is C29H35N5O4S2. The molecule has 2 atom stereocenters. The number of piperidine rings is 1. The number of nitrogens with zero attached hydrogens (tertiary/aromatic N) is 4. The van der Waals surface area contributed by atoms with Gasteiger partial charge in [-0.2, -0.15) is 4.31 Å². The van der Waals surface area contributed by atoms with Gasteiger partial charge in [-0.3, -0.25) is 19.5 Å². The largest absolute Gasteiger partial charge is 0.351 e. The van der Waals surface area contributed by atoms with Gasteiger partial charge in [0.25, 0.3) is 5.91 Å². The molecule has 0 spiro atoms. The highest BCUT2D eigenvalue weighted by molar-refractivity contribution is 7.89. The zero-order chi connectivity index (χ0) is 28.1. The van der Waals surface area contributed by atoms with Crippen LogP contribution in [0.15, 0.2) is 65.3 Å². The van der Waals surface area contributed by atoms with Gasteiger partial charge < -0.3 is 5.32 Å². The van der Waals surface area contributed by atoms with Crippen LogP contribution in [0.5, 0.6) is 0 Å². The summed E-state index contributed by atoms with van der Waals surface area (Å²) in [6, 6.07) is 9.02. The van der Waals surface area contributed by atoms with E-state index in [0.29, 0.717) is 29.6 Å². The highest BCUT2D eigenvalue weighted by atomic mass is 32.2. The maximum absolute atomic E-state index is 14.0. The second-order valence-electron chi connectivity index (χ2n) is 10.6. The summed E-state index contributed by atoms with van der Waals surface area (Å²) in [5.41, 5.74) is 0.493. The Bertz CT molecular complexity index is 1390. The highest BCUT2D eigenvalue weighted by Gasteiger charge is 2.36. The third kappa shape index (κ3) is 6.26. The lowest BCUT2D eigenvalue weighted by molar-refractivity contribution is -0.123. The number of hydrogen-bond acceptors (Lipinski definition) is 7. The topological polar surface area (TPSA) is 113 Å². The number of rotatable bonds is 8. The van der Waals surface area contributed by atoms with Crippen LogP contribution in [0.1, 0.15) is 73.3 Å². The number of hydrogen-bond donors (Lipinski definition) is 1. The Morgan fingerprint density at radius 1 is 1.05 bits per heavy atom. The quantitative estimate of drug-likeness (QED) is 0.409. The molecule has 3 heterocycles. The van der Waals surface area contributed by atoms with Gasteiger partial charge in [0.2, 0.25) is 15.9 Å². The van der Waals surface area contributed by atoms with Crippen LogP contribution in [0.2, 0.25) is 0 Å². The number of benzene rings is 1. The maximum atomic E-state index is 14.0. The molecule has 40 heavy (non-hydrogen) atoms. The molecule has 0 unspecified atom stereocenters. The Balaban J connectivity index is 1.52. The number of nitrogens with one attached hydrogen (secondary N) is 1. The lowest BCUT2D eigenvalue weighted by atomic mass is 9.95. The molecule has 5 rings (SSSR count). The van der Waals surface area contributed by atoms with E-state index in [1.54, 1.807) is 12.1 Å². The molecule has 2 fully saturated rings. The first-order chi connectivity index (χ1) is 19.3. The van der Waals surface area contributed by atoms with Gasteiger partial charge in [0.15, 0.2) is 6.04 Å². The second-order valence-corrected chi connectivity index (χ2v) is 13.5. The molecule has 1 saturated carbocycles. The summed E-state index contributed by atoms with van der Waals surface area (Å²) in [6.45, 7) is 3.04. The molecule has 1 aliphatic carbocycles. The number of carbonyl (C=O) groups is 2. The second kappa shape index (κ2) is 12.6. The molecule has 212 valence electrons. The van der Waals surface area contributed by atoms with E-state index in [4.69, 9.17) is 0 Å². The Morgan fingerprint density at radius 2 is 1.82 bits per heavy atom. The summed E-state index contributed by atoms with van der Waals surface area (Å²) in [6.07, 6.45) is 11.2. The van der Waals surface area contributed by atoms with Crippen LogP contribution in [0.3, 0.4) is 0 Å². The normalized spacial score (nSPS) is 19.6. The van der Waals surface area contributed by atoms with Gasteiger partial charge in [-0.05, 0) is 67.3 Å². The van der Waals surface area contributed by atoms with E-state index in [2.05, 4.69) is 22.2 Å². The molecule has 11 heteroatoms. The van der Waals surface area contributed by atoms with Crippen molar-refractivity contribution in [2.45, 2.75) is 68.8 Å². The van der Waals surface area contributed by atoms with Gasteiger partial charge in [0.05, 0.1) is 11.1 Å². The number of aromatic nitrogens is 2. The van der Waals surface area contributed by atoms with Crippen LogP contribution < -0.4 is 10.2 Å². The average Bonchev–Trinajstić information content (AvgIpc) is 3.51. The molecule has 1 aliphatic heterocycles. The van der Waals surface area contributed by atoms with Crippen molar-refractivity contribution in [2.75, 3.05) is 18.0 Å². The van der Waals surface area contributed by atoms with Crippen molar-refractivity contribution < 1.29 is 18.0 Å². The fourth-order valence-electron chi connectivity index (χ4n) is 5.56. The molecule has 1 saturated heterocycles. The minimum absolute atomic E-state index is 0.0524. The molecule has 2 aliphatic rings. The monoisotopic (exact) mass is 581 g/mol. The molecule has 0 radical (unpaired) electrons. The zero-order valence-electron chi connectivity index (χ0n) is 22.6. The summed E-state index contributed by atoms with van der Waals surface area (Å²) in [7, 11) is -3.68. The molecule has 2 amide bonds. The first kappa shape index (κ1) is 28.4. The van der Waals surface area contributed by atoms with Gasteiger partial charge in [-0.1, -0.05) is 32.3 Å². The van der Waals surface area contributed by atoms with Gasteiger partial charge in [-0.15, -0.1) is 11.3 Å². The standard InChI is InChI=1S/C29H35N5O4S2/c1-21-7-5-17-33(20-21)40(37,38)24-13-11-23(12-14-24)34(29(36)25-19-30-15-16-31-25)27(26-10-6-18-39-26)28(35)32-22-8-3-2-4-9-22/h6,10-16,18-19,21-22,27H,2-5,7-9,17,20H2,1H3,(H,32,35)/t21-,27-/m0/s1. The Kier molecular flexibility index (Phi) is 8.92. The number of sulfonamides is 1. The molecule has 3 aromatic rings. The van der Waals surface area contributed by atoms with Crippen LogP contribution >= 0.6 is 11.3 Å². The fourth-order valence-corrected chi connectivity index (χ4v) is 7.97. The van der Waals surface area contributed by atoms with E-state index in [-0.39, 0.29) is 22.5 Å². The van der Waals surface area contributed by atoms with Crippen molar-refractivity contribution in [1.29, 1.82) is 0 Å². The highest BCUT2D eigenvalue weighted by Crippen LogP contribution is 2.34. The third-order valence-electron chi connectivity index (χ3n) is 7.64. The number of carbonyl (C=O) groups excluding carboxylic acids is 2. The smallest absolute Gasteiger partial charge is 0.279 e. The molecular weight excluding hydrogens is 546 g/mol. The Hall–Kier alpha value is -3.15. The van der Waals surface area contributed by atoms with Crippen molar-refractivity contribution in [3.8, 4) is 0 Å². The lowest BCUT2D eigenvalue weighted by Crippen LogP contribution is -2.47. The van der Waals surface area contributed by atoms with Gasteiger partial charge in [0.1, 0.15) is 5.69 Å². The van der Waals surface area contributed by atoms with Gasteiger partial charge in [-0.25, -0.2) is 13.4 Å². The molecule has 1 N–H and O–H groups in total. The predicted molar refractivity (Wildman–Crippen MR) is 155 cm³/mol. The van der Waals surface area contributed by atoms with Crippen molar-refractivity contribution in [2.24, 2.45) is 5.92 Å². The van der Waals surface area contributed by atoms with Gasteiger partial charge in [0, 0.05) is 42.1 Å². The van der Waals surface area contributed by atoms with E-state index in [1.165, 1.54) is 51.3 Å². The van der Waals surface area contributed by atoms with Crippen LogP contribution in [0.25, 0.3) is 0 Å². The molecule has 0 bridgehead atoms. The first-order valence-electron chi connectivity index (χ1n) is 13.9. The van der Waals surface area contributed by atoms with Crippen molar-refractivity contribution >= 4 is 38.9 Å². The van der Waals surface area contributed by atoms with Crippen LogP contribution in [0.4, 0.5) is 5.69 Å². The zero-order valence-corrected chi connectivity index (χ0v) is 24.2. The Morgan fingerprint density at radius 3 is 2.48 bits per heavy atom. The van der Waals surface area contributed by atoms with E-state index in [9.17, 15) is 18.0 Å². The summed E-state index contributed by atoms with van der Waals surface area (Å²) >= 11 is 1.39. The Labute approximate surface area is 239 Å². The van der Waals surface area contributed by atoms with Crippen LogP contribution in [-0.2, 0) is 14.8 Å². The van der Waals surface area contributed by atoms with E-state index < -0.39 is 22.0 Å². The predicted octanol–water partition coefficient (Wildman–Crippen LogP) is 4.80.